The maximum absolute atomic E-state index is 11.9. The van der Waals surface area contributed by atoms with Crippen molar-refractivity contribution in [3.63, 3.8) is 0 Å². The van der Waals surface area contributed by atoms with Crippen molar-refractivity contribution in [2.75, 3.05) is 7.11 Å². The van der Waals surface area contributed by atoms with E-state index in [1.165, 1.54) is 7.11 Å². The molecule has 0 aromatic heterocycles. The van der Waals surface area contributed by atoms with Gasteiger partial charge in [0.15, 0.2) is 0 Å². The van der Waals surface area contributed by atoms with Crippen molar-refractivity contribution in [3.05, 3.63) is 46.5 Å². The minimum absolute atomic E-state index is 0.000890. The van der Waals surface area contributed by atoms with Crippen molar-refractivity contribution in [1.29, 1.82) is 0 Å². The molecule has 0 spiro atoms. The second-order valence-corrected chi connectivity index (χ2v) is 5.74. The van der Waals surface area contributed by atoms with Gasteiger partial charge in [0.1, 0.15) is 5.70 Å². The van der Waals surface area contributed by atoms with Crippen LogP contribution in [0.25, 0.3) is 0 Å². The number of carbonyl (C=O) groups excluding carboxylic acids is 2. The number of carbonyl (C=O) groups is 2. The fourth-order valence-electron chi connectivity index (χ4n) is 2.32. The topological polar surface area (TPSA) is 46.6 Å². The molecule has 4 nitrogen and oxygen atoms in total. The Bertz CT molecular complexity index is 567. The van der Waals surface area contributed by atoms with E-state index in [-0.39, 0.29) is 11.3 Å². The number of fused-ring (bicyclic) bond motifs is 1. The van der Waals surface area contributed by atoms with Crippen LogP contribution in [-0.4, -0.2) is 29.3 Å². The molecule has 0 saturated carbocycles. The number of benzene rings is 1. The Kier molecular flexibility index (Phi) is 3.06. The lowest BCUT2D eigenvalue weighted by atomic mass is 10.1. The molecule has 1 saturated heterocycles. The molecule has 1 fully saturated rings. The van der Waals surface area contributed by atoms with Gasteiger partial charge in [-0.3, -0.25) is 9.69 Å². The molecule has 0 bridgehead atoms. The summed E-state index contributed by atoms with van der Waals surface area (Å²) in [6.07, 6.45) is 1.17. The van der Waals surface area contributed by atoms with Crippen LogP contribution in [0.3, 0.4) is 0 Å². The highest BCUT2D eigenvalue weighted by Gasteiger charge is 2.48. The minimum Gasteiger partial charge on any atom is -0.464 e. The molecular formula is C14H13NO3S. The molecule has 1 atom stereocenters. The number of hydrogen-bond acceptors (Lipinski definition) is 4. The van der Waals surface area contributed by atoms with Gasteiger partial charge in [-0.2, -0.15) is 0 Å². The standard InChI is InChI=1S/C14H13NO3S/c1-18-14(17)13-10(7-9-5-3-2-4-6-9)19-12-8-11(16)15(12)13/h2-6,12H,7-8H2,1H3/t12-/m0/s1. The van der Waals surface area contributed by atoms with Gasteiger partial charge in [0, 0.05) is 11.3 Å². The van der Waals surface area contributed by atoms with Crippen LogP contribution in [0.4, 0.5) is 0 Å². The molecule has 0 unspecified atom stereocenters. The highest BCUT2D eigenvalue weighted by atomic mass is 32.2. The van der Waals surface area contributed by atoms with Crippen LogP contribution in [0.2, 0.25) is 0 Å². The highest BCUT2D eigenvalue weighted by molar-refractivity contribution is 8.04. The first-order chi connectivity index (χ1) is 9.20. The Morgan fingerprint density at radius 2 is 2.16 bits per heavy atom. The van der Waals surface area contributed by atoms with Gasteiger partial charge in [-0.05, 0) is 5.56 Å². The predicted octanol–water partition coefficient (Wildman–Crippen LogP) is 1.92. The smallest absolute Gasteiger partial charge is 0.355 e. The molecule has 3 rings (SSSR count). The van der Waals surface area contributed by atoms with Crippen molar-refractivity contribution in [1.82, 2.24) is 4.90 Å². The number of rotatable bonds is 3. The van der Waals surface area contributed by atoms with E-state index in [2.05, 4.69) is 0 Å². The summed E-state index contributed by atoms with van der Waals surface area (Å²) < 4.78 is 4.80. The average Bonchev–Trinajstić information content (AvgIpc) is 2.71. The zero-order valence-corrected chi connectivity index (χ0v) is 11.3. The molecule has 1 amide bonds. The maximum atomic E-state index is 11.9. The van der Waals surface area contributed by atoms with Crippen molar-refractivity contribution in [2.45, 2.75) is 18.2 Å². The summed E-state index contributed by atoms with van der Waals surface area (Å²) in [5.41, 5.74) is 1.55. The third-order valence-electron chi connectivity index (χ3n) is 3.28. The lowest BCUT2D eigenvalue weighted by Gasteiger charge is -2.34. The Hall–Kier alpha value is -1.75. The molecule has 1 aromatic rings. The Labute approximate surface area is 115 Å². The van der Waals surface area contributed by atoms with E-state index in [0.29, 0.717) is 18.5 Å². The molecule has 19 heavy (non-hydrogen) atoms. The number of amides is 1. The van der Waals surface area contributed by atoms with E-state index < -0.39 is 5.97 Å². The SMILES string of the molecule is COC(=O)C1=C(Cc2ccccc2)S[C@H]2CC(=O)N12. The lowest BCUT2D eigenvalue weighted by molar-refractivity contribution is -0.147. The van der Waals surface area contributed by atoms with Gasteiger partial charge >= 0.3 is 5.97 Å². The minimum atomic E-state index is -0.422. The van der Waals surface area contributed by atoms with Crippen molar-refractivity contribution >= 4 is 23.6 Å². The molecule has 2 aliphatic heterocycles. The average molecular weight is 275 g/mol. The van der Waals surface area contributed by atoms with E-state index >= 15 is 0 Å². The first-order valence-electron chi connectivity index (χ1n) is 6.05. The fraction of sp³-hybridized carbons (Fsp3) is 0.286. The molecule has 2 aliphatic rings. The van der Waals surface area contributed by atoms with Crippen LogP contribution in [0.15, 0.2) is 40.9 Å². The monoisotopic (exact) mass is 275 g/mol. The summed E-state index contributed by atoms with van der Waals surface area (Å²) in [6.45, 7) is 0. The van der Waals surface area contributed by atoms with Gasteiger partial charge in [0.2, 0.25) is 5.91 Å². The van der Waals surface area contributed by atoms with Crippen molar-refractivity contribution in [3.8, 4) is 0 Å². The zero-order chi connectivity index (χ0) is 13.4. The number of ether oxygens (including phenoxy) is 1. The van der Waals surface area contributed by atoms with Crippen LogP contribution in [0.1, 0.15) is 12.0 Å². The number of hydrogen-bond donors (Lipinski definition) is 0. The van der Waals surface area contributed by atoms with E-state index in [1.807, 2.05) is 30.3 Å². The zero-order valence-electron chi connectivity index (χ0n) is 10.5. The number of nitrogens with zero attached hydrogens (tertiary/aromatic N) is 1. The molecule has 5 heteroatoms. The summed E-state index contributed by atoms with van der Waals surface area (Å²) in [6, 6.07) is 9.91. The first kappa shape index (κ1) is 12.3. The maximum Gasteiger partial charge on any atom is 0.355 e. The predicted molar refractivity (Wildman–Crippen MR) is 72.0 cm³/mol. The molecule has 98 valence electrons. The number of esters is 1. The molecule has 1 aromatic carbocycles. The molecule has 0 aliphatic carbocycles. The number of methoxy groups -OCH3 is 1. The van der Waals surface area contributed by atoms with Crippen LogP contribution in [0.5, 0.6) is 0 Å². The second-order valence-electron chi connectivity index (χ2n) is 4.47. The van der Waals surface area contributed by atoms with Gasteiger partial charge in [-0.25, -0.2) is 4.79 Å². The van der Waals surface area contributed by atoms with Crippen LogP contribution in [0, 0.1) is 0 Å². The van der Waals surface area contributed by atoms with E-state index in [1.54, 1.807) is 16.7 Å². The number of β-lactam (4-membered cyclic amide) rings is 1. The molecule has 0 N–H and O–H groups in total. The van der Waals surface area contributed by atoms with Gasteiger partial charge in [0.05, 0.1) is 18.9 Å². The van der Waals surface area contributed by atoms with Gasteiger partial charge in [0.25, 0.3) is 0 Å². The van der Waals surface area contributed by atoms with Gasteiger partial charge < -0.3 is 4.74 Å². The summed E-state index contributed by atoms with van der Waals surface area (Å²) >= 11 is 1.59. The first-order valence-corrected chi connectivity index (χ1v) is 6.93. The van der Waals surface area contributed by atoms with Crippen molar-refractivity contribution < 1.29 is 14.3 Å². The summed E-state index contributed by atoms with van der Waals surface area (Å²) in [5, 5.41) is 0.0836. The Morgan fingerprint density at radius 1 is 1.42 bits per heavy atom. The number of allylic oxidation sites excluding steroid dienone is 1. The van der Waals surface area contributed by atoms with Crippen LogP contribution >= 0.6 is 11.8 Å². The third-order valence-corrected chi connectivity index (χ3v) is 4.55. The van der Waals surface area contributed by atoms with E-state index in [9.17, 15) is 9.59 Å². The Morgan fingerprint density at radius 3 is 2.79 bits per heavy atom. The van der Waals surface area contributed by atoms with E-state index in [0.717, 1.165) is 10.5 Å². The Balaban J connectivity index is 1.92. The summed E-state index contributed by atoms with van der Waals surface area (Å²) in [5.74, 6) is -0.421. The van der Waals surface area contributed by atoms with Crippen LogP contribution < -0.4 is 0 Å². The molecular weight excluding hydrogens is 262 g/mol. The lowest BCUT2D eigenvalue weighted by Crippen LogP contribution is -2.48. The molecule has 2 heterocycles. The fourth-order valence-corrected chi connectivity index (χ4v) is 3.75. The largest absolute Gasteiger partial charge is 0.464 e. The van der Waals surface area contributed by atoms with E-state index in [4.69, 9.17) is 4.74 Å². The summed E-state index contributed by atoms with van der Waals surface area (Å²) in [4.78, 5) is 26.0. The summed E-state index contributed by atoms with van der Waals surface area (Å²) in [7, 11) is 1.34. The highest BCUT2D eigenvalue weighted by Crippen LogP contribution is 2.47. The quantitative estimate of drug-likeness (QED) is 0.624. The molecule has 0 radical (unpaired) electrons. The second kappa shape index (κ2) is 4.74. The van der Waals surface area contributed by atoms with Gasteiger partial charge in [-0.15, -0.1) is 11.8 Å². The normalized spacial score (nSPS) is 21.2. The number of thioether (sulfide) groups is 1. The van der Waals surface area contributed by atoms with Crippen LogP contribution in [-0.2, 0) is 20.7 Å². The van der Waals surface area contributed by atoms with Gasteiger partial charge in [-0.1, -0.05) is 30.3 Å². The third kappa shape index (κ3) is 2.04. The van der Waals surface area contributed by atoms with Crippen molar-refractivity contribution in [2.24, 2.45) is 0 Å².